The van der Waals surface area contributed by atoms with Gasteiger partial charge < -0.3 is 19.7 Å². The summed E-state index contributed by atoms with van der Waals surface area (Å²) in [6.45, 7) is 5.37. The smallest absolute Gasteiger partial charge is 0.407 e. The molecule has 0 saturated carbocycles. The van der Waals surface area contributed by atoms with Crippen LogP contribution in [0.2, 0.25) is 0 Å². The SMILES string of the molecule is CCO[P@](=O)(NC(C)C(=O)O)SCCNC(=O)OC(C)(C)C. The second-order valence-corrected chi connectivity index (χ2v) is 9.76. The van der Waals surface area contributed by atoms with E-state index in [1.54, 1.807) is 27.7 Å². The summed E-state index contributed by atoms with van der Waals surface area (Å²) in [4.78, 5) is 22.3. The van der Waals surface area contributed by atoms with Crippen LogP contribution in [0.15, 0.2) is 0 Å². The standard InChI is InChI=1S/C12H25N2O6PS/c1-6-19-21(18,14-9(2)10(15)16)22-8-7-13-11(17)20-12(3,4)5/h9H,6-8H2,1-5H3,(H,13,17)(H,14,18)(H,15,16)/t9?,21-/m1/s1. The molecule has 2 atom stereocenters. The Balaban J connectivity index is 4.28. The van der Waals surface area contributed by atoms with Crippen molar-refractivity contribution < 1.29 is 28.5 Å². The molecule has 22 heavy (non-hydrogen) atoms. The summed E-state index contributed by atoms with van der Waals surface area (Å²) in [7, 11) is 0. The molecule has 0 aromatic heterocycles. The zero-order valence-corrected chi connectivity index (χ0v) is 15.3. The van der Waals surface area contributed by atoms with Crippen molar-refractivity contribution in [3.63, 3.8) is 0 Å². The van der Waals surface area contributed by atoms with E-state index in [2.05, 4.69) is 10.4 Å². The van der Waals surface area contributed by atoms with Gasteiger partial charge in [-0.05, 0) is 34.6 Å². The summed E-state index contributed by atoms with van der Waals surface area (Å²) >= 11 is 0.943. The summed E-state index contributed by atoms with van der Waals surface area (Å²) in [5, 5.41) is 13.8. The number of alkyl carbamates (subject to hydrolysis) is 1. The number of aliphatic carboxylic acids is 1. The van der Waals surface area contributed by atoms with Crippen molar-refractivity contribution in [2.24, 2.45) is 0 Å². The third kappa shape index (κ3) is 10.0. The molecule has 0 saturated heterocycles. The molecule has 0 spiro atoms. The first-order valence-electron chi connectivity index (χ1n) is 6.85. The van der Waals surface area contributed by atoms with Crippen molar-refractivity contribution in [3.05, 3.63) is 0 Å². The van der Waals surface area contributed by atoms with Gasteiger partial charge in [-0.3, -0.25) is 9.36 Å². The number of carbonyl (C=O) groups excluding carboxylic acids is 1. The van der Waals surface area contributed by atoms with Crippen LogP contribution in [-0.2, 0) is 18.6 Å². The van der Waals surface area contributed by atoms with Crippen molar-refractivity contribution in [3.8, 4) is 0 Å². The lowest BCUT2D eigenvalue weighted by Crippen LogP contribution is -2.34. The van der Waals surface area contributed by atoms with Crippen LogP contribution in [0.5, 0.6) is 0 Å². The highest BCUT2D eigenvalue weighted by molar-refractivity contribution is 8.56. The first-order valence-corrected chi connectivity index (χ1v) is 10.1. The zero-order chi connectivity index (χ0) is 17.4. The maximum atomic E-state index is 12.4. The predicted molar refractivity (Wildman–Crippen MR) is 86.2 cm³/mol. The van der Waals surface area contributed by atoms with Crippen LogP contribution in [0.25, 0.3) is 0 Å². The Kier molecular flexibility index (Phi) is 9.07. The number of hydrogen-bond acceptors (Lipinski definition) is 6. The summed E-state index contributed by atoms with van der Waals surface area (Å²) in [5.41, 5.74) is -0.587. The van der Waals surface area contributed by atoms with E-state index in [-0.39, 0.29) is 18.9 Å². The van der Waals surface area contributed by atoms with E-state index in [1.807, 2.05) is 0 Å². The number of ether oxygens (including phenoxy) is 1. The van der Waals surface area contributed by atoms with E-state index in [0.29, 0.717) is 0 Å². The highest BCUT2D eigenvalue weighted by Crippen LogP contribution is 2.55. The molecule has 0 heterocycles. The Bertz CT molecular complexity index is 426. The lowest BCUT2D eigenvalue weighted by Gasteiger charge is -2.21. The Morgan fingerprint density at radius 2 is 1.95 bits per heavy atom. The summed E-state index contributed by atoms with van der Waals surface area (Å²) < 4.78 is 22.6. The fourth-order valence-electron chi connectivity index (χ4n) is 1.21. The van der Waals surface area contributed by atoms with Crippen LogP contribution in [0, 0.1) is 0 Å². The second kappa shape index (κ2) is 9.39. The van der Waals surface area contributed by atoms with E-state index < -0.39 is 30.4 Å². The minimum atomic E-state index is -3.34. The molecular formula is C12H25N2O6PS. The van der Waals surface area contributed by atoms with Gasteiger partial charge >= 0.3 is 18.8 Å². The molecule has 8 nitrogen and oxygen atoms in total. The molecule has 0 aliphatic carbocycles. The maximum absolute atomic E-state index is 12.4. The van der Waals surface area contributed by atoms with Gasteiger partial charge in [0.05, 0.1) is 6.61 Å². The van der Waals surface area contributed by atoms with Crippen molar-refractivity contribution in [2.75, 3.05) is 18.9 Å². The Morgan fingerprint density at radius 1 is 1.36 bits per heavy atom. The number of hydrogen-bond donors (Lipinski definition) is 3. The van der Waals surface area contributed by atoms with Crippen LogP contribution in [0.3, 0.4) is 0 Å². The minimum Gasteiger partial charge on any atom is -0.480 e. The van der Waals surface area contributed by atoms with Crippen molar-refractivity contribution in [2.45, 2.75) is 46.3 Å². The largest absolute Gasteiger partial charge is 0.480 e. The topological polar surface area (TPSA) is 114 Å². The summed E-state index contributed by atoms with van der Waals surface area (Å²) in [5.74, 6) is -0.831. The molecule has 0 fully saturated rings. The maximum Gasteiger partial charge on any atom is 0.407 e. The van der Waals surface area contributed by atoms with Crippen LogP contribution in [0.4, 0.5) is 4.79 Å². The van der Waals surface area contributed by atoms with Gasteiger partial charge in [-0.25, -0.2) is 9.88 Å². The normalized spacial score (nSPS) is 15.7. The first kappa shape index (κ1) is 21.2. The molecular weight excluding hydrogens is 331 g/mol. The molecule has 0 aromatic rings. The molecule has 3 N–H and O–H groups in total. The second-order valence-electron chi connectivity index (χ2n) is 5.37. The molecule has 0 bridgehead atoms. The van der Waals surface area contributed by atoms with Crippen LogP contribution in [0.1, 0.15) is 34.6 Å². The Labute approximate surface area is 135 Å². The number of amides is 1. The van der Waals surface area contributed by atoms with E-state index in [4.69, 9.17) is 14.4 Å². The van der Waals surface area contributed by atoms with E-state index in [9.17, 15) is 14.2 Å². The van der Waals surface area contributed by atoms with Crippen LogP contribution >= 0.6 is 18.1 Å². The molecule has 130 valence electrons. The van der Waals surface area contributed by atoms with E-state index in [0.717, 1.165) is 11.4 Å². The highest BCUT2D eigenvalue weighted by atomic mass is 32.7. The molecule has 10 heteroatoms. The van der Waals surface area contributed by atoms with Crippen LogP contribution in [-0.4, -0.2) is 47.7 Å². The van der Waals surface area contributed by atoms with Gasteiger partial charge in [0.25, 0.3) is 0 Å². The average molecular weight is 356 g/mol. The predicted octanol–water partition coefficient (Wildman–Crippen LogP) is 2.45. The molecule has 1 unspecified atom stereocenters. The summed E-state index contributed by atoms with van der Waals surface area (Å²) in [6, 6.07) is -0.997. The van der Waals surface area contributed by atoms with Gasteiger partial charge in [-0.15, -0.1) is 0 Å². The van der Waals surface area contributed by atoms with Crippen molar-refractivity contribution in [1.82, 2.24) is 10.4 Å². The van der Waals surface area contributed by atoms with Gasteiger partial charge in [0.1, 0.15) is 11.6 Å². The Hall–Kier alpha value is -0.760. The molecule has 0 aromatic carbocycles. The van der Waals surface area contributed by atoms with Crippen molar-refractivity contribution >= 4 is 30.2 Å². The average Bonchev–Trinajstić information content (AvgIpc) is 2.32. The third-order valence-electron chi connectivity index (χ3n) is 2.05. The van der Waals surface area contributed by atoms with Crippen LogP contribution < -0.4 is 10.4 Å². The van der Waals surface area contributed by atoms with E-state index in [1.165, 1.54) is 6.92 Å². The minimum absolute atomic E-state index is 0.184. The van der Waals surface area contributed by atoms with Gasteiger partial charge in [-0.1, -0.05) is 11.4 Å². The number of carboxylic acid groups (broad SMARTS) is 1. The summed E-state index contributed by atoms with van der Waals surface area (Å²) in [6.07, 6.45) is -0.564. The van der Waals surface area contributed by atoms with Gasteiger partial charge in [0, 0.05) is 12.3 Å². The lowest BCUT2D eigenvalue weighted by atomic mass is 10.2. The fraction of sp³-hybridized carbons (Fsp3) is 0.833. The van der Waals surface area contributed by atoms with Crippen molar-refractivity contribution in [1.29, 1.82) is 0 Å². The zero-order valence-electron chi connectivity index (χ0n) is 13.5. The molecule has 1 amide bonds. The highest BCUT2D eigenvalue weighted by Gasteiger charge is 2.28. The molecule has 0 aliphatic heterocycles. The molecule has 0 aliphatic rings. The lowest BCUT2D eigenvalue weighted by molar-refractivity contribution is -0.138. The quantitative estimate of drug-likeness (QED) is 0.426. The fourth-order valence-corrected chi connectivity index (χ4v) is 5.02. The number of nitrogens with one attached hydrogen (secondary N) is 2. The number of rotatable bonds is 9. The Morgan fingerprint density at radius 3 is 2.41 bits per heavy atom. The number of carbonyl (C=O) groups is 2. The first-order chi connectivity index (χ1) is 9.99. The molecule has 0 radical (unpaired) electrons. The van der Waals surface area contributed by atoms with E-state index >= 15 is 0 Å². The molecule has 0 rings (SSSR count). The third-order valence-corrected chi connectivity index (χ3v) is 6.28. The monoisotopic (exact) mass is 356 g/mol. The van der Waals surface area contributed by atoms with Gasteiger partial charge in [0.2, 0.25) is 0 Å². The van der Waals surface area contributed by atoms with Gasteiger partial charge in [0.15, 0.2) is 0 Å². The number of carboxylic acids is 1. The van der Waals surface area contributed by atoms with Gasteiger partial charge in [-0.2, -0.15) is 0 Å².